The average Bonchev–Trinajstić information content (AvgIpc) is 2.33. The highest BCUT2D eigenvalue weighted by atomic mass is 127. The second kappa shape index (κ2) is 2.34. The van der Waals surface area contributed by atoms with E-state index in [1.54, 1.807) is 6.20 Å². The largest absolute Gasteiger partial charge is 0.236 e. The number of rotatable bonds is 0. The molecule has 0 amide bonds. The summed E-state index contributed by atoms with van der Waals surface area (Å²) < 4.78 is 4.26. The molecule has 0 saturated heterocycles. The fraction of sp³-hybridized carbons (Fsp3) is 0. The molecule has 0 atom stereocenters. The number of fused-ring (bicyclic) bond motifs is 1. The van der Waals surface area contributed by atoms with Gasteiger partial charge in [0.1, 0.15) is 0 Å². The molecule has 0 aromatic carbocycles. The highest BCUT2D eigenvalue weighted by Gasteiger charge is 2.05. The maximum Gasteiger partial charge on any atom is 0.172 e. The first kappa shape index (κ1) is 5.79. The molecule has 46 valence electrons. The molecule has 0 radical (unpaired) electrons. The third-order valence-electron chi connectivity index (χ3n) is 0.983. The SMILES string of the molecule is c1cnc2c(c1)SI=N2. The van der Waals surface area contributed by atoms with Gasteiger partial charge in [0.25, 0.3) is 0 Å². The van der Waals surface area contributed by atoms with E-state index in [1.165, 1.54) is 4.90 Å². The number of pyridine rings is 1. The van der Waals surface area contributed by atoms with Gasteiger partial charge in [-0.05, 0) is 21.1 Å². The summed E-state index contributed by atoms with van der Waals surface area (Å²) in [4.78, 5) is 5.35. The van der Waals surface area contributed by atoms with Gasteiger partial charge in [-0.3, -0.25) is 0 Å². The second-order valence-electron chi connectivity index (χ2n) is 1.56. The molecule has 0 fully saturated rings. The van der Waals surface area contributed by atoms with Crippen LogP contribution < -0.4 is 0 Å². The fourth-order valence-electron chi connectivity index (χ4n) is 0.593. The van der Waals surface area contributed by atoms with E-state index in [1.807, 2.05) is 15.0 Å². The van der Waals surface area contributed by atoms with Gasteiger partial charge < -0.3 is 0 Å². The summed E-state index contributed by atoms with van der Waals surface area (Å²) in [6.07, 6.45) is 1.79. The summed E-state index contributed by atoms with van der Waals surface area (Å²) in [6.45, 7) is 0. The van der Waals surface area contributed by atoms with Crippen molar-refractivity contribution in [2.45, 2.75) is 4.90 Å². The van der Waals surface area contributed by atoms with Crippen LogP contribution in [0.25, 0.3) is 0 Å². The Bertz CT molecular complexity index is 261. The summed E-state index contributed by atoms with van der Waals surface area (Å²) in [7, 11) is 1.85. The van der Waals surface area contributed by atoms with Crippen molar-refractivity contribution in [3.05, 3.63) is 18.3 Å². The second-order valence-corrected chi connectivity index (χ2v) is 5.27. The van der Waals surface area contributed by atoms with Gasteiger partial charge in [0.2, 0.25) is 0 Å². The molecule has 2 heterocycles. The Hall–Kier alpha value is 0.0300. The summed E-state index contributed by atoms with van der Waals surface area (Å²) in [5.74, 6) is 0.954. The lowest BCUT2D eigenvalue weighted by Crippen LogP contribution is -1.69. The van der Waals surface area contributed by atoms with Crippen molar-refractivity contribution < 1.29 is 0 Å². The van der Waals surface area contributed by atoms with Gasteiger partial charge in [0.15, 0.2) is 5.82 Å². The summed E-state index contributed by atoms with van der Waals surface area (Å²) in [6, 6.07) is 4.03. The summed E-state index contributed by atoms with van der Waals surface area (Å²) in [5, 5.41) is 0. The molecule has 2 rings (SSSR count). The maximum atomic E-state index is 4.26. The maximum absolute atomic E-state index is 4.26. The van der Waals surface area contributed by atoms with Gasteiger partial charge in [-0.15, -0.1) is 0 Å². The lowest BCUT2D eigenvalue weighted by atomic mass is 10.5. The summed E-state index contributed by atoms with van der Waals surface area (Å²) >= 11 is -0.00835. The van der Waals surface area contributed by atoms with Crippen molar-refractivity contribution >= 4 is 34.4 Å². The quantitative estimate of drug-likeness (QED) is 0.661. The van der Waals surface area contributed by atoms with Gasteiger partial charge in [0, 0.05) is 6.20 Å². The molecule has 0 unspecified atom stereocenters. The molecule has 1 aromatic rings. The van der Waals surface area contributed by atoms with Crippen LogP contribution in [0.15, 0.2) is 26.4 Å². The standard InChI is InChI=1S/C5H3IN2S/c1-2-4-5(7-3-1)8-6-9-4/h1-3H. The predicted octanol–water partition coefficient (Wildman–Crippen LogP) is 2.89. The number of hydrogen-bond acceptors (Lipinski definition) is 3. The van der Waals surface area contributed by atoms with Crippen molar-refractivity contribution in [2.24, 2.45) is 3.15 Å². The third kappa shape index (κ3) is 1.01. The zero-order chi connectivity index (χ0) is 6.10. The van der Waals surface area contributed by atoms with E-state index in [9.17, 15) is 0 Å². The highest BCUT2D eigenvalue weighted by Crippen LogP contribution is 2.45. The highest BCUT2D eigenvalue weighted by molar-refractivity contribution is 14.2. The minimum atomic E-state index is -0.00835. The van der Waals surface area contributed by atoms with Crippen molar-refractivity contribution in [2.75, 3.05) is 0 Å². The molecule has 9 heavy (non-hydrogen) atoms. The molecule has 0 spiro atoms. The van der Waals surface area contributed by atoms with Crippen LogP contribution in [-0.4, -0.2) is 4.98 Å². The number of aromatic nitrogens is 1. The first-order chi connectivity index (χ1) is 4.47. The normalized spacial score (nSPS) is 14.7. The average molecular weight is 250 g/mol. The van der Waals surface area contributed by atoms with Crippen LogP contribution in [0.2, 0.25) is 0 Å². The van der Waals surface area contributed by atoms with Crippen LogP contribution >= 0.6 is 28.6 Å². The van der Waals surface area contributed by atoms with Crippen molar-refractivity contribution in [3.63, 3.8) is 0 Å². The number of nitrogens with zero attached hydrogens (tertiary/aromatic N) is 2. The van der Waals surface area contributed by atoms with Crippen molar-refractivity contribution in [1.29, 1.82) is 0 Å². The zero-order valence-electron chi connectivity index (χ0n) is 4.41. The molecule has 1 aromatic heterocycles. The van der Waals surface area contributed by atoms with Gasteiger partial charge in [0.05, 0.1) is 24.5 Å². The Labute approximate surface area is 65.7 Å². The monoisotopic (exact) mass is 250 g/mol. The molecular weight excluding hydrogens is 247 g/mol. The summed E-state index contributed by atoms with van der Waals surface area (Å²) in [5.41, 5.74) is 0. The Morgan fingerprint density at radius 2 is 2.56 bits per heavy atom. The smallest absolute Gasteiger partial charge is 0.172 e. The van der Waals surface area contributed by atoms with E-state index in [2.05, 4.69) is 14.2 Å². The van der Waals surface area contributed by atoms with Gasteiger partial charge in [-0.1, -0.05) is 0 Å². The van der Waals surface area contributed by atoms with E-state index < -0.39 is 0 Å². The molecule has 0 N–H and O–H groups in total. The topological polar surface area (TPSA) is 25.2 Å². The minimum absolute atomic E-state index is 0.00835. The zero-order valence-corrected chi connectivity index (χ0v) is 7.39. The van der Waals surface area contributed by atoms with E-state index in [-0.39, 0.29) is 19.6 Å². The fourth-order valence-corrected chi connectivity index (χ4v) is 4.14. The molecule has 4 heteroatoms. The van der Waals surface area contributed by atoms with Crippen molar-refractivity contribution in [3.8, 4) is 0 Å². The molecule has 0 bridgehead atoms. The third-order valence-corrected chi connectivity index (χ3v) is 4.67. The first-order valence-corrected chi connectivity index (χ1v) is 6.76. The predicted molar refractivity (Wildman–Crippen MR) is 46.2 cm³/mol. The van der Waals surface area contributed by atoms with E-state index >= 15 is 0 Å². The Kier molecular flexibility index (Phi) is 1.50. The van der Waals surface area contributed by atoms with Crippen LogP contribution in [0, 0.1) is 0 Å². The molecule has 2 nitrogen and oxygen atoms in total. The number of halogens is 1. The van der Waals surface area contributed by atoms with E-state index in [4.69, 9.17) is 0 Å². The van der Waals surface area contributed by atoms with E-state index in [0.29, 0.717) is 0 Å². The van der Waals surface area contributed by atoms with Crippen LogP contribution in [0.3, 0.4) is 0 Å². The van der Waals surface area contributed by atoms with Gasteiger partial charge >= 0.3 is 0 Å². The molecule has 1 aliphatic rings. The molecule has 0 saturated carbocycles. The Morgan fingerprint density at radius 1 is 1.56 bits per heavy atom. The molecular formula is C5H3IN2S. The first-order valence-electron chi connectivity index (χ1n) is 2.44. The lowest BCUT2D eigenvalue weighted by molar-refractivity contribution is 1.22. The van der Waals surface area contributed by atoms with Crippen LogP contribution in [-0.2, 0) is 0 Å². The van der Waals surface area contributed by atoms with Crippen LogP contribution in [0.1, 0.15) is 0 Å². The number of hydrogen-bond donors (Lipinski definition) is 0. The molecule has 0 aliphatic carbocycles. The minimum Gasteiger partial charge on any atom is -0.236 e. The van der Waals surface area contributed by atoms with Crippen molar-refractivity contribution in [1.82, 2.24) is 4.98 Å². The van der Waals surface area contributed by atoms with Crippen LogP contribution in [0.5, 0.6) is 0 Å². The molecule has 1 aliphatic heterocycles. The lowest BCUT2D eigenvalue weighted by Gasteiger charge is -1.88. The van der Waals surface area contributed by atoms with E-state index in [0.717, 1.165) is 5.82 Å². The Morgan fingerprint density at radius 3 is 3.44 bits per heavy atom. The van der Waals surface area contributed by atoms with Gasteiger partial charge in [-0.2, -0.15) is 3.15 Å². The van der Waals surface area contributed by atoms with Gasteiger partial charge in [-0.25, -0.2) is 4.98 Å². The van der Waals surface area contributed by atoms with Crippen LogP contribution in [0.4, 0.5) is 5.82 Å². The Balaban J connectivity index is 2.63.